The Balaban J connectivity index is 1.37. The predicted molar refractivity (Wildman–Crippen MR) is 146 cm³/mol. The number of amides is 1. The Bertz CT molecular complexity index is 1460. The molecule has 1 saturated heterocycles. The van der Waals surface area contributed by atoms with Gasteiger partial charge >= 0.3 is 0 Å². The number of benzene rings is 4. The fraction of sp³-hybridized carbons (Fsp3) is 0.0714. The molecule has 1 N–H and O–H groups in total. The smallest absolute Gasteiger partial charge is 0.264 e. The highest BCUT2D eigenvalue weighted by Crippen LogP contribution is 2.39. The van der Waals surface area contributed by atoms with Crippen LogP contribution in [0.25, 0.3) is 16.8 Å². The van der Waals surface area contributed by atoms with Crippen LogP contribution in [0, 0.1) is 0 Å². The zero-order chi connectivity index (χ0) is 24.2. The van der Waals surface area contributed by atoms with E-state index in [1.807, 2.05) is 66.7 Å². The van der Waals surface area contributed by atoms with E-state index in [1.54, 1.807) is 7.11 Å². The maximum absolute atomic E-state index is 12.5. The van der Waals surface area contributed by atoms with Gasteiger partial charge in [-0.3, -0.25) is 4.79 Å². The number of carbonyl (C=O) groups is 1. The predicted octanol–water partition coefficient (Wildman–Crippen LogP) is 7.08. The van der Waals surface area contributed by atoms with Gasteiger partial charge < -0.3 is 14.8 Å². The lowest BCUT2D eigenvalue weighted by molar-refractivity contribution is -0.115. The number of para-hydroxylation sites is 1. The number of ether oxygens (including phenoxy) is 2. The molecule has 4 aromatic rings. The van der Waals surface area contributed by atoms with Crippen LogP contribution in [-0.4, -0.2) is 18.2 Å². The maximum atomic E-state index is 12.5. The fourth-order valence-electron chi connectivity index (χ4n) is 3.78. The summed E-state index contributed by atoms with van der Waals surface area (Å²) in [5.74, 6) is 1.00. The lowest BCUT2D eigenvalue weighted by Gasteiger charge is -2.15. The molecule has 174 valence electrons. The lowest BCUT2D eigenvalue weighted by atomic mass is 10.1. The molecule has 0 spiro atoms. The van der Waals surface area contributed by atoms with Crippen LogP contribution in [0.3, 0.4) is 0 Å². The van der Waals surface area contributed by atoms with E-state index in [9.17, 15) is 4.79 Å². The number of fused-ring (bicyclic) bond motifs is 1. The van der Waals surface area contributed by atoms with Gasteiger partial charge in [-0.05, 0) is 79.9 Å². The molecule has 0 atom stereocenters. The Morgan fingerprint density at radius 1 is 1.00 bits per heavy atom. The molecule has 0 bridgehead atoms. The first-order chi connectivity index (χ1) is 17.1. The molecule has 0 aromatic heterocycles. The molecule has 1 aliphatic rings. The molecule has 35 heavy (non-hydrogen) atoms. The molecular formula is C28H21BrN2O3S. The molecule has 0 radical (unpaired) electrons. The molecule has 0 aliphatic carbocycles. The molecular weight excluding hydrogens is 524 g/mol. The number of aliphatic imine (C=N–C) groups is 1. The van der Waals surface area contributed by atoms with Crippen molar-refractivity contribution in [2.75, 3.05) is 7.11 Å². The molecule has 0 saturated carbocycles. The first-order valence-electron chi connectivity index (χ1n) is 10.9. The van der Waals surface area contributed by atoms with Crippen molar-refractivity contribution in [1.82, 2.24) is 5.32 Å². The number of methoxy groups -OCH3 is 1. The van der Waals surface area contributed by atoms with E-state index >= 15 is 0 Å². The molecule has 1 heterocycles. The van der Waals surface area contributed by atoms with Crippen LogP contribution in [0.5, 0.6) is 11.5 Å². The van der Waals surface area contributed by atoms with Crippen molar-refractivity contribution in [3.63, 3.8) is 0 Å². The Morgan fingerprint density at radius 3 is 2.60 bits per heavy atom. The second kappa shape index (κ2) is 10.4. The summed E-state index contributed by atoms with van der Waals surface area (Å²) < 4.78 is 12.5. The molecule has 7 heteroatoms. The second-order valence-corrected chi connectivity index (χ2v) is 9.66. The number of nitrogens with zero attached hydrogens (tertiary/aromatic N) is 1. The fourth-order valence-corrected chi connectivity index (χ4v) is 5.20. The summed E-state index contributed by atoms with van der Waals surface area (Å²) in [5, 5.41) is 5.69. The summed E-state index contributed by atoms with van der Waals surface area (Å²) >= 11 is 4.92. The Labute approximate surface area is 216 Å². The third-order valence-electron chi connectivity index (χ3n) is 5.44. The van der Waals surface area contributed by atoms with Crippen molar-refractivity contribution in [3.8, 4) is 11.5 Å². The van der Waals surface area contributed by atoms with E-state index in [1.165, 1.54) is 17.1 Å². The van der Waals surface area contributed by atoms with E-state index in [-0.39, 0.29) is 5.91 Å². The van der Waals surface area contributed by atoms with Crippen molar-refractivity contribution < 1.29 is 14.3 Å². The lowest BCUT2D eigenvalue weighted by Crippen LogP contribution is -2.19. The molecule has 5 rings (SSSR count). The second-order valence-electron chi connectivity index (χ2n) is 7.78. The zero-order valence-electron chi connectivity index (χ0n) is 18.8. The highest BCUT2D eigenvalue weighted by molar-refractivity contribution is 9.10. The number of amidine groups is 1. The monoisotopic (exact) mass is 544 g/mol. The van der Waals surface area contributed by atoms with Crippen molar-refractivity contribution >= 4 is 61.3 Å². The molecule has 1 aliphatic heterocycles. The number of nitrogens with one attached hydrogen (secondary N) is 1. The first kappa shape index (κ1) is 23.2. The van der Waals surface area contributed by atoms with Crippen LogP contribution in [-0.2, 0) is 11.4 Å². The van der Waals surface area contributed by atoms with Crippen LogP contribution in [0.2, 0.25) is 0 Å². The summed E-state index contributed by atoms with van der Waals surface area (Å²) in [5.41, 5.74) is 2.69. The SMILES string of the molecule is COc1cc(/C=C2/SC(=Nc3ccccc3)NC2=O)cc(Br)c1OCc1cccc2ccccc12. The van der Waals surface area contributed by atoms with E-state index in [2.05, 4.69) is 50.5 Å². The minimum Gasteiger partial charge on any atom is -0.493 e. The number of halogens is 1. The Hall–Kier alpha value is -3.55. The van der Waals surface area contributed by atoms with Crippen molar-refractivity contribution in [1.29, 1.82) is 0 Å². The van der Waals surface area contributed by atoms with Gasteiger partial charge in [0.25, 0.3) is 5.91 Å². The highest BCUT2D eigenvalue weighted by atomic mass is 79.9. The van der Waals surface area contributed by atoms with Crippen LogP contribution in [0.1, 0.15) is 11.1 Å². The normalized spacial score (nSPS) is 15.5. The first-order valence-corrected chi connectivity index (χ1v) is 12.5. The van der Waals surface area contributed by atoms with Gasteiger partial charge in [0.05, 0.1) is 22.2 Å². The summed E-state index contributed by atoms with van der Waals surface area (Å²) in [6.07, 6.45) is 1.81. The van der Waals surface area contributed by atoms with Gasteiger partial charge in [-0.2, -0.15) is 0 Å². The summed E-state index contributed by atoms with van der Waals surface area (Å²) in [6.45, 7) is 0.397. The van der Waals surface area contributed by atoms with Crippen LogP contribution in [0.15, 0.2) is 99.3 Å². The maximum Gasteiger partial charge on any atom is 0.264 e. The number of hydrogen-bond acceptors (Lipinski definition) is 5. The van der Waals surface area contributed by atoms with Gasteiger partial charge in [0.1, 0.15) is 6.61 Å². The molecule has 5 nitrogen and oxygen atoms in total. The van der Waals surface area contributed by atoms with Crippen molar-refractivity contribution in [3.05, 3.63) is 105 Å². The molecule has 1 fully saturated rings. The minimum atomic E-state index is -0.184. The van der Waals surface area contributed by atoms with E-state index in [4.69, 9.17) is 9.47 Å². The Morgan fingerprint density at radius 2 is 1.77 bits per heavy atom. The van der Waals surface area contributed by atoms with E-state index in [0.717, 1.165) is 26.7 Å². The molecule has 1 amide bonds. The van der Waals surface area contributed by atoms with Gasteiger partial charge in [0.15, 0.2) is 16.7 Å². The number of rotatable bonds is 6. The molecule has 0 unspecified atom stereocenters. The van der Waals surface area contributed by atoms with E-state index in [0.29, 0.717) is 28.2 Å². The van der Waals surface area contributed by atoms with Crippen LogP contribution < -0.4 is 14.8 Å². The van der Waals surface area contributed by atoms with Gasteiger partial charge in [0, 0.05) is 0 Å². The van der Waals surface area contributed by atoms with Gasteiger partial charge in [0.2, 0.25) is 0 Å². The average Bonchev–Trinajstić information content (AvgIpc) is 3.21. The zero-order valence-corrected chi connectivity index (χ0v) is 21.2. The van der Waals surface area contributed by atoms with Crippen LogP contribution >= 0.6 is 27.7 Å². The van der Waals surface area contributed by atoms with Gasteiger partial charge in [-0.1, -0.05) is 60.7 Å². The van der Waals surface area contributed by atoms with Crippen LogP contribution in [0.4, 0.5) is 5.69 Å². The largest absolute Gasteiger partial charge is 0.493 e. The third kappa shape index (κ3) is 5.26. The summed E-state index contributed by atoms with van der Waals surface area (Å²) in [6, 6.07) is 27.7. The van der Waals surface area contributed by atoms with Crippen molar-refractivity contribution in [2.24, 2.45) is 4.99 Å². The standard InChI is InChI=1S/C28H21BrN2O3S/c1-33-24-15-18(16-25-27(32)31-28(35-25)30-21-11-3-2-4-12-21)14-23(29)26(24)34-17-20-10-7-9-19-8-5-6-13-22(19)20/h2-16H,17H2,1H3,(H,30,31,32)/b25-16+. The molecule has 4 aromatic carbocycles. The van der Waals surface area contributed by atoms with Crippen molar-refractivity contribution in [2.45, 2.75) is 6.61 Å². The van der Waals surface area contributed by atoms with Gasteiger partial charge in [-0.25, -0.2) is 4.99 Å². The number of thioether (sulfide) groups is 1. The third-order valence-corrected chi connectivity index (χ3v) is 6.94. The summed E-state index contributed by atoms with van der Waals surface area (Å²) in [4.78, 5) is 17.6. The average molecular weight is 545 g/mol. The summed E-state index contributed by atoms with van der Waals surface area (Å²) in [7, 11) is 1.60. The van der Waals surface area contributed by atoms with E-state index < -0.39 is 0 Å². The highest BCUT2D eigenvalue weighted by Gasteiger charge is 2.24. The quantitative estimate of drug-likeness (QED) is 0.263. The van der Waals surface area contributed by atoms with Gasteiger partial charge in [-0.15, -0.1) is 0 Å². The minimum absolute atomic E-state index is 0.184. The topological polar surface area (TPSA) is 59.9 Å². The number of carbonyl (C=O) groups excluding carboxylic acids is 1. The Kier molecular flexibility index (Phi) is 6.88. The number of hydrogen-bond donors (Lipinski definition) is 1.